The van der Waals surface area contributed by atoms with Crippen molar-refractivity contribution < 1.29 is 18.0 Å². The number of carbonyl (C=O) groups is 2. The molecule has 148 valence electrons. The molecule has 0 spiro atoms. The van der Waals surface area contributed by atoms with E-state index in [1.165, 1.54) is 4.88 Å². The fourth-order valence-corrected chi connectivity index (χ4v) is 6.76. The minimum atomic E-state index is -3.04. The molecule has 4 heterocycles. The van der Waals surface area contributed by atoms with Gasteiger partial charge in [0.25, 0.3) is 0 Å². The van der Waals surface area contributed by atoms with E-state index in [9.17, 15) is 18.0 Å². The summed E-state index contributed by atoms with van der Waals surface area (Å²) < 4.78 is 23.4. The first-order chi connectivity index (χ1) is 12.9. The van der Waals surface area contributed by atoms with Crippen molar-refractivity contribution >= 4 is 33.0 Å². The van der Waals surface area contributed by atoms with Crippen LogP contribution in [-0.4, -0.2) is 85.2 Å². The van der Waals surface area contributed by atoms with Gasteiger partial charge in [0.1, 0.15) is 0 Å². The predicted octanol–water partition coefficient (Wildman–Crippen LogP) is 0.428. The smallest absolute Gasteiger partial charge is 0.228 e. The van der Waals surface area contributed by atoms with E-state index in [1.54, 1.807) is 16.2 Å². The van der Waals surface area contributed by atoms with Crippen LogP contribution in [0.4, 0.5) is 0 Å². The lowest BCUT2D eigenvalue weighted by Gasteiger charge is -2.35. The van der Waals surface area contributed by atoms with E-state index in [0.29, 0.717) is 26.1 Å². The highest BCUT2D eigenvalue weighted by Gasteiger charge is 2.43. The SMILES string of the molecule is O=C([C@@H]1CC(=O)N([C@H]2CCS(=O)(=O)C2)C1)N1CCN(Cc2cccs2)CC1. The monoisotopic (exact) mass is 411 g/mol. The third kappa shape index (κ3) is 4.20. The number of amides is 2. The number of piperazine rings is 1. The zero-order valence-electron chi connectivity index (χ0n) is 15.2. The number of hydrogen-bond donors (Lipinski definition) is 0. The van der Waals surface area contributed by atoms with Crippen LogP contribution in [0.25, 0.3) is 0 Å². The minimum absolute atomic E-state index is 0.0427. The van der Waals surface area contributed by atoms with Gasteiger partial charge in [-0.1, -0.05) is 6.07 Å². The first-order valence-corrected chi connectivity index (χ1v) is 12.1. The van der Waals surface area contributed by atoms with Gasteiger partial charge in [0.15, 0.2) is 9.84 Å². The van der Waals surface area contributed by atoms with Gasteiger partial charge in [-0.25, -0.2) is 8.42 Å². The first-order valence-electron chi connectivity index (χ1n) is 9.45. The molecular weight excluding hydrogens is 386 g/mol. The molecule has 4 rings (SSSR count). The topological polar surface area (TPSA) is 78.0 Å². The van der Waals surface area contributed by atoms with E-state index in [2.05, 4.69) is 22.4 Å². The predicted molar refractivity (Wildman–Crippen MR) is 103 cm³/mol. The molecule has 3 aliphatic heterocycles. The van der Waals surface area contributed by atoms with Gasteiger partial charge in [0.2, 0.25) is 11.8 Å². The van der Waals surface area contributed by atoms with Crippen LogP contribution in [-0.2, 0) is 26.0 Å². The molecule has 0 aliphatic carbocycles. The number of thiophene rings is 1. The molecule has 0 unspecified atom stereocenters. The summed E-state index contributed by atoms with van der Waals surface area (Å²) in [7, 11) is -3.04. The Morgan fingerprint density at radius 2 is 2.00 bits per heavy atom. The lowest BCUT2D eigenvalue weighted by atomic mass is 10.1. The molecular formula is C18H25N3O4S2. The number of sulfone groups is 1. The summed E-state index contributed by atoms with van der Waals surface area (Å²) >= 11 is 1.75. The average Bonchev–Trinajstić information content (AvgIpc) is 3.35. The van der Waals surface area contributed by atoms with E-state index in [0.717, 1.165) is 19.6 Å². The molecule has 2 amide bonds. The highest BCUT2D eigenvalue weighted by Crippen LogP contribution is 2.27. The summed E-state index contributed by atoms with van der Waals surface area (Å²) in [5.41, 5.74) is 0. The molecule has 9 heteroatoms. The minimum Gasteiger partial charge on any atom is -0.340 e. The summed E-state index contributed by atoms with van der Waals surface area (Å²) in [5, 5.41) is 2.08. The van der Waals surface area contributed by atoms with Crippen molar-refractivity contribution in [2.24, 2.45) is 5.92 Å². The van der Waals surface area contributed by atoms with E-state index in [1.807, 2.05) is 4.90 Å². The van der Waals surface area contributed by atoms with Crippen LogP contribution < -0.4 is 0 Å². The standard InChI is InChI=1S/C18H25N3O4S2/c22-17-10-14(11-21(17)15-3-9-27(24,25)13-15)18(23)20-6-4-19(5-7-20)12-16-2-1-8-26-16/h1-2,8,14-15H,3-7,9-13H2/t14-,15+/m1/s1. The lowest BCUT2D eigenvalue weighted by Crippen LogP contribution is -2.50. The number of nitrogens with zero attached hydrogens (tertiary/aromatic N) is 3. The summed E-state index contributed by atoms with van der Waals surface area (Å²) in [4.78, 5) is 32.4. The third-order valence-electron chi connectivity index (χ3n) is 5.80. The van der Waals surface area contributed by atoms with Gasteiger partial charge < -0.3 is 9.80 Å². The Morgan fingerprint density at radius 1 is 1.22 bits per heavy atom. The van der Waals surface area contributed by atoms with Crippen molar-refractivity contribution in [2.45, 2.75) is 25.4 Å². The summed E-state index contributed by atoms with van der Waals surface area (Å²) in [6.07, 6.45) is 0.709. The largest absolute Gasteiger partial charge is 0.340 e. The maximum Gasteiger partial charge on any atom is 0.228 e. The average molecular weight is 412 g/mol. The maximum absolute atomic E-state index is 12.9. The molecule has 27 heavy (non-hydrogen) atoms. The van der Waals surface area contributed by atoms with Crippen molar-refractivity contribution in [1.82, 2.24) is 14.7 Å². The van der Waals surface area contributed by atoms with Crippen LogP contribution in [0, 0.1) is 5.92 Å². The fraction of sp³-hybridized carbons (Fsp3) is 0.667. The summed E-state index contributed by atoms with van der Waals surface area (Å²) in [5.74, 6) is -0.174. The number of carbonyl (C=O) groups excluding carboxylic acids is 2. The summed E-state index contributed by atoms with van der Waals surface area (Å²) in [6.45, 7) is 4.35. The van der Waals surface area contributed by atoms with E-state index in [4.69, 9.17) is 0 Å². The van der Waals surface area contributed by atoms with Crippen LogP contribution in [0.1, 0.15) is 17.7 Å². The third-order valence-corrected chi connectivity index (χ3v) is 8.41. The van der Waals surface area contributed by atoms with Crippen molar-refractivity contribution in [3.05, 3.63) is 22.4 Å². The number of likely N-dealkylation sites (tertiary alicyclic amines) is 1. The molecule has 0 bridgehead atoms. The second kappa shape index (κ2) is 7.52. The molecule has 3 fully saturated rings. The van der Waals surface area contributed by atoms with Crippen molar-refractivity contribution in [2.75, 3.05) is 44.2 Å². The van der Waals surface area contributed by atoms with E-state index in [-0.39, 0.29) is 41.7 Å². The Morgan fingerprint density at radius 3 is 2.63 bits per heavy atom. The molecule has 0 saturated carbocycles. The molecule has 3 aliphatic rings. The van der Waals surface area contributed by atoms with Crippen molar-refractivity contribution in [3.8, 4) is 0 Å². The van der Waals surface area contributed by atoms with Gasteiger partial charge in [0, 0.05) is 56.6 Å². The van der Waals surface area contributed by atoms with E-state index < -0.39 is 9.84 Å². The second-order valence-electron chi connectivity index (χ2n) is 7.68. The normalized spacial score (nSPS) is 28.8. The molecule has 0 radical (unpaired) electrons. The van der Waals surface area contributed by atoms with Gasteiger partial charge in [-0.3, -0.25) is 14.5 Å². The fourth-order valence-electron chi connectivity index (χ4n) is 4.28. The van der Waals surface area contributed by atoms with Crippen molar-refractivity contribution in [1.29, 1.82) is 0 Å². The molecule has 2 atom stereocenters. The zero-order chi connectivity index (χ0) is 19.0. The Balaban J connectivity index is 1.29. The van der Waals surface area contributed by atoms with Crippen LogP contribution in [0.5, 0.6) is 0 Å². The quantitative estimate of drug-likeness (QED) is 0.718. The molecule has 1 aromatic rings. The van der Waals surface area contributed by atoms with Crippen molar-refractivity contribution in [3.63, 3.8) is 0 Å². The van der Waals surface area contributed by atoms with Crippen LogP contribution in [0.2, 0.25) is 0 Å². The number of rotatable bonds is 4. The molecule has 0 N–H and O–H groups in total. The molecule has 3 saturated heterocycles. The van der Waals surface area contributed by atoms with E-state index >= 15 is 0 Å². The first kappa shape index (κ1) is 18.9. The van der Waals surface area contributed by atoms with Crippen LogP contribution >= 0.6 is 11.3 Å². The highest BCUT2D eigenvalue weighted by molar-refractivity contribution is 7.91. The van der Waals surface area contributed by atoms with Gasteiger partial charge in [-0.05, 0) is 17.9 Å². The maximum atomic E-state index is 12.9. The Hall–Kier alpha value is -1.45. The zero-order valence-corrected chi connectivity index (χ0v) is 16.9. The second-order valence-corrected chi connectivity index (χ2v) is 10.9. The Labute approximate surface area is 163 Å². The molecule has 1 aromatic heterocycles. The lowest BCUT2D eigenvalue weighted by molar-refractivity contribution is -0.137. The Kier molecular flexibility index (Phi) is 5.26. The number of hydrogen-bond acceptors (Lipinski definition) is 6. The highest BCUT2D eigenvalue weighted by atomic mass is 32.2. The molecule has 7 nitrogen and oxygen atoms in total. The molecule has 0 aromatic carbocycles. The van der Waals surface area contributed by atoms with Crippen LogP contribution in [0.3, 0.4) is 0 Å². The van der Waals surface area contributed by atoms with Gasteiger partial charge >= 0.3 is 0 Å². The van der Waals surface area contributed by atoms with Gasteiger partial charge in [-0.2, -0.15) is 0 Å². The van der Waals surface area contributed by atoms with Crippen LogP contribution in [0.15, 0.2) is 17.5 Å². The van der Waals surface area contributed by atoms with Gasteiger partial charge in [0.05, 0.1) is 17.4 Å². The van der Waals surface area contributed by atoms with Gasteiger partial charge in [-0.15, -0.1) is 11.3 Å². The summed E-state index contributed by atoms with van der Waals surface area (Å²) in [6, 6.07) is 3.94. The Bertz CT molecular complexity index is 801.